The van der Waals surface area contributed by atoms with Crippen LogP contribution in [0.25, 0.3) is 16.9 Å². The third-order valence-corrected chi connectivity index (χ3v) is 6.33. The van der Waals surface area contributed by atoms with E-state index < -0.39 is 0 Å². The molecule has 6 nitrogen and oxygen atoms in total. The van der Waals surface area contributed by atoms with Gasteiger partial charge in [0.1, 0.15) is 6.54 Å². The van der Waals surface area contributed by atoms with Crippen molar-refractivity contribution in [3.8, 4) is 16.9 Å². The predicted molar refractivity (Wildman–Crippen MR) is 114 cm³/mol. The number of aryl methyl sites for hydroxylation is 1. The Morgan fingerprint density at radius 2 is 2.04 bits per heavy atom. The highest BCUT2D eigenvalue weighted by Gasteiger charge is 2.23. The zero-order chi connectivity index (χ0) is 19.7. The number of hydrogen-bond acceptors (Lipinski definition) is 5. The van der Waals surface area contributed by atoms with Crippen LogP contribution in [0.4, 0.5) is 5.13 Å². The number of hydrogen-bond donors (Lipinski definition) is 1. The van der Waals surface area contributed by atoms with Crippen molar-refractivity contribution >= 4 is 40.0 Å². The third-order valence-electron chi connectivity index (χ3n) is 4.63. The lowest BCUT2D eigenvalue weighted by Gasteiger charge is -2.13. The highest BCUT2D eigenvalue weighted by Crippen LogP contribution is 2.31. The van der Waals surface area contributed by atoms with Gasteiger partial charge in [-0.3, -0.25) is 9.59 Å². The number of carbonyl (C=O) groups excluding carboxylic acids is 2. The quantitative estimate of drug-likeness (QED) is 0.694. The van der Waals surface area contributed by atoms with Crippen molar-refractivity contribution in [3.05, 3.63) is 53.2 Å². The topological polar surface area (TPSA) is 67.2 Å². The average Bonchev–Trinajstić information content (AvgIpc) is 3.36. The number of thioether (sulfide) groups is 1. The Kier molecular flexibility index (Phi) is 5.23. The summed E-state index contributed by atoms with van der Waals surface area (Å²) in [4.78, 5) is 30.0. The van der Waals surface area contributed by atoms with E-state index in [2.05, 4.69) is 46.9 Å². The molecule has 3 heterocycles. The normalized spacial score (nSPS) is 13.9. The number of aromatic nitrogens is 2. The minimum atomic E-state index is -0.216. The molecule has 0 saturated carbocycles. The van der Waals surface area contributed by atoms with Crippen LogP contribution >= 0.6 is 23.1 Å². The SMILES string of the molecule is Cc1cc(-c2csc(NC(=O)CN3CSCC3=O)n2)c(C)n1-c1ccccc1. The summed E-state index contributed by atoms with van der Waals surface area (Å²) in [6.07, 6.45) is 0. The Morgan fingerprint density at radius 3 is 2.75 bits per heavy atom. The number of rotatable bonds is 5. The maximum atomic E-state index is 12.2. The second-order valence-electron chi connectivity index (χ2n) is 6.61. The van der Waals surface area contributed by atoms with Gasteiger partial charge in [0.05, 0.1) is 17.3 Å². The van der Waals surface area contributed by atoms with E-state index in [0.717, 1.165) is 28.3 Å². The number of thiazole rings is 1. The van der Waals surface area contributed by atoms with Gasteiger partial charge in [0.2, 0.25) is 11.8 Å². The molecular formula is C20H20N4O2S2. The highest BCUT2D eigenvalue weighted by molar-refractivity contribution is 8.00. The number of carbonyl (C=O) groups is 2. The lowest BCUT2D eigenvalue weighted by atomic mass is 10.2. The summed E-state index contributed by atoms with van der Waals surface area (Å²) in [5.41, 5.74) is 5.22. The largest absolute Gasteiger partial charge is 0.323 e. The van der Waals surface area contributed by atoms with Crippen LogP contribution in [0.5, 0.6) is 0 Å². The van der Waals surface area contributed by atoms with Crippen LogP contribution in [-0.2, 0) is 9.59 Å². The molecule has 144 valence electrons. The first kappa shape index (κ1) is 18.8. The molecule has 1 aliphatic rings. The van der Waals surface area contributed by atoms with Crippen LogP contribution in [-0.4, -0.2) is 44.4 Å². The fourth-order valence-corrected chi connectivity index (χ4v) is 4.95. The molecule has 1 saturated heterocycles. The van der Waals surface area contributed by atoms with Crippen molar-refractivity contribution in [1.29, 1.82) is 0 Å². The van der Waals surface area contributed by atoms with Crippen molar-refractivity contribution in [1.82, 2.24) is 14.5 Å². The van der Waals surface area contributed by atoms with Crippen LogP contribution in [0.3, 0.4) is 0 Å². The molecule has 0 aliphatic carbocycles. The van der Waals surface area contributed by atoms with Gasteiger partial charge in [0, 0.05) is 28.0 Å². The molecule has 4 rings (SSSR count). The maximum Gasteiger partial charge on any atom is 0.245 e. The van der Waals surface area contributed by atoms with Crippen LogP contribution in [0.15, 0.2) is 41.8 Å². The van der Waals surface area contributed by atoms with Gasteiger partial charge in [0.25, 0.3) is 0 Å². The molecule has 2 amide bonds. The number of anilines is 1. The van der Waals surface area contributed by atoms with Gasteiger partial charge in [-0.15, -0.1) is 23.1 Å². The van der Waals surface area contributed by atoms with E-state index in [0.29, 0.717) is 16.8 Å². The van der Waals surface area contributed by atoms with Gasteiger partial charge in [-0.25, -0.2) is 4.98 Å². The number of amides is 2. The fourth-order valence-electron chi connectivity index (χ4n) is 3.32. The number of nitrogens with zero attached hydrogens (tertiary/aromatic N) is 3. The summed E-state index contributed by atoms with van der Waals surface area (Å²) in [6.45, 7) is 4.22. The van der Waals surface area contributed by atoms with Gasteiger partial charge in [0.15, 0.2) is 5.13 Å². The van der Waals surface area contributed by atoms with E-state index in [1.807, 2.05) is 23.6 Å². The Labute approximate surface area is 171 Å². The molecule has 0 radical (unpaired) electrons. The molecule has 0 atom stereocenters. The van der Waals surface area contributed by atoms with E-state index in [-0.39, 0.29) is 18.4 Å². The second kappa shape index (κ2) is 7.81. The van der Waals surface area contributed by atoms with Gasteiger partial charge in [-0.2, -0.15) is 0 Å². The highest BCUT2D eigenvalue weighted by atomic mass is 32.2. The zero-order valence-electron chi connectivity index (χ0n) is 15.6. The summed E-state index contributed by atoms with van der Waals surface area (Å²) in [6, 6.07) is 12.3. The number of benzene rings is 1. The van der Waals surface area contributed by atoms with E-state index in [1.54, 1.807) is 4.90 Å². The third kappa shape index (κ3) is 3.70. The summed E-state index contributed by atoms with van der Waals surface area (Å²) in [7, 11) is 0. The Bertz CT molecular complexity index is 1030. The van der Waals surface area contributed by atoms with Crippen LogP contribution in [0.1, 0.15) is 11.4 Å². The summed E-state index contributed by atoms with van der Waals surface area (Å²) < 4.78 is 2.20. The lowest BCUT2D eigenvalue weighted by Crippen LogP contribution is -2.34. The van der Waals surface area contributed by atoms with Crippen LogP contribution in [0.2, 0.25) is 0 Å². The fraction of sp³-hybridized carbons (Fsp3) is 0.250. The van der Waals surface area contributed by atoms with E-state index >= 15 is 0 Å². The Hall–Kier alpha value is -2.58. The van der Waals surface area contributed by atoms with Crippen molar-refractivity contribution in [2.24, 2.45) is 0 Å². The van der Waals surface area contributed by atoms with Gasteiger partial charge in [-0.05, 0) is 32.0 Å². The van der Waals surface area contributed by atoms with E-state index in [1.165, 1.54) is 23.1 Å². The zero-order valence-corrected chi connectivity index (χ0v) is 17.3. The molecule has 0 spiro atoms. The van der Waals surface area contributed by atoms with Crippen molar-refractivity contribution in [3.63, 3.8) is 0 Å². The molecule has 2 aromatic heterocycles. The minimum absolute atomic E-state index is 0.00771. The predicted octanol–water partition coefficient (Wildman–Crippen LogP) is 3.69. The summed E-state index contributed by atoms with van der Waals surface area (Å²) >= 11 is 2.91. The van der Waals surface area contributed by atoms with Gasteiger partial charge in [-0.1, -0.05) is 18.2 Å². The molecule has 1 aliphatic heterocycles. The van der Waals surface area contributed by atoms with Crippen molar-refractivity contribution in [2.45, 2.75) is 13.8 Å². The van der Waals surface area contributed by atoms with E-state index in [4.69, 9.17) is 0 Å². The maximum absolute atomic E-state index is 12.2. The first-order valence-electron chi connectivity index (χ1n) is 8.88. The van der Waals surface area contributed by atoms with Crippen molar-refractivity contribution < 1.29 is 9.59 Å². The molecule has 3 aromatic rings. The molecule has 0 unspecified atom stereocenters. The molecule has 1 aromatic carbocycles. The summed E-state index contributed by atoms with van der Waals surface area (Å²) in [5, 5.41) is 5.30. The van der Waals surface area contributed by atoms with Crippen molar-refractivity contribution in [2.75, 3.05) is 23.5 Å². The smallest absolute Gasteiger partial charge is 0.245 e. The monoisotopic (exact) mass is 412 g/mol. The van der Waals surface area contributed by atoms with Crippen LogP contribution < -0.4 is 5.32 Å². The van der Waals surface area contributed by atoms with Crippen LogP contribution in [0, 0.1) is 13.8 Å². The molecule has 28 heavy (non-hydrogen) atoms. The molecule has 1 fully saturated rings. The minimum Gasteiger partial charge on any atom is -0.323 e. The molecular weight excluding hydrogens is 392 g/mol. The number of nitrogens with one attached hydrogen (secondary N) is 1. The average molecular weight is 413 g/mol. The molecule has 1 N–H and O–H groups in total. The first-order valence-corrected chi connectivity index (χ1v) is 10.9. The van der Waals surface area contributed by atoms with Gasteiger partial charge >= 0.3 is 0 Å². The molecule has 0 bridgehead atoms. The Balaban J connectivity index is 1.52. The Morgan fingerprint density at radius 1 is 1.25 bits per heavy atom. The number of para-hydroxylation sites is 1. The van der Waals surface area contributed by atoms with Gasteiger partial charge < -0.3 is 14.8 Å². The molecule has 8 heteroatoms. The lowest BCUT2D eigenvalue weighted by molar-refractivity contribution is -0.130. The first-order chi connectivity index (χ1) is 13.5. The standard InChI is InChI=1S/C20H20N4O2S2/c1-13-8-16(14(2)24(13)15-6-4-3-5-7-15)17-10-28-20(21-17)22-18(25)9-23-12-27-11-19(23)26/h3-8,10H,9,11-12H2,1-2H3,(H,21,22,25). The summed E-state index contributed by atoms with van der Waals surface area (Å²) in [5.74, 6) is 0.812. The van der Waals surface area contributed by atoms with E-state index in [9.17, 15) is 9.59 Å². The second-order valence-corrected chi connectivity index (χ2v) is 8.42.